The van der Waals surface area contributed by atoms with Crippen molar-refractivity contribution in [1.29, 1.82) is 0 Å². The molecule has 19 heavy (non-hydrogen) atoms. The normalized spacial score (nSPS) is 11.4. The maximum Gasteiger partial charge on any atom is 0.240 e. The molecule has 0 bridgehead atoms. The summed E-state index contributed by atoms with van der Waals surface area (Å²) in [5.41, 5.74) is 4.64. The molecule has 0 aliphatic carbocycles. The molecule has 1 amide bonds. The quantitative estimate of drug-likeness (QED) is 0.430. The average molecular weight is 260 g/mol. The maximum atomic E-state index is 11.6. The van der Waals surface area contributed by atoms with Crippen LogP contribution in [0.25, 0.3) is 0 Å². The van der Waals surface area contributed by atoms with Crippen molar-refractivity contribution < 1.29 is 4.79 Å². The molecule has 0 spiro atoms. The first-order valence-electron chi connectivity index (χ1n) is 7.18. The van der Waals surface area contributed by atoms with E-state index in [-0.39, 0.29) is 5.91 Å². The Kier molecular flexibility index (Phi) is 7.56. The lowest BCUT2D eigenvalue weighted by atomic mass is 10.1. The molecule has 0 aromatic heterocycles. The van der Waals surface area contributed by atoms with E-state index in [1.807, 2.05) is 37.3 Å². The van der Waals surface area contributed by atoms with E-state index in [0.717, 1.165) is 30.5 Å². The first-order chi connectivity index (χ1) is 9.27. The molecular weight excluding hydrogens is 236 g/mol. The maximum absolute atomic E-state index is 11.6. The summed E-state index contributed by atoms with van der Waals surface area (Å²) in [6, 6.07) is 9.95. The van der Waals surface area contributed by atoms with Gasteiger partial charge in [0.1, 0.15) is 0 Å². The van der Waals surface area contributed by atoms with Crippen LogP contribution in [0, 0.1) is 0 Å². The van der Waals surface area contributed by atoms with Gasteiger partial charge in [0.15, 0.2) is 0 Å². The van der Waals surface area contributed by atoms with Crippen molar-refractivity contribution in [2.24, 2.45) is 5.10 Å². The second-order valence-electron chi connectivity index (χ2n) is 4.62. The molecule has 1 N–H and O–H groups in total. The Hall–Kier alpha value is -1.64. The largest absolute Gasteiger partial charge is 0.273 e. The highest BCUT2D eigenvalue weighted by atomic mass is 16.2. The molecule has 1 aromatic carbocycles. The molecule has 3 heteroatoms. The van der Waals surface area contributed by atoms with E-state index in [1.165, 1.54) is 12.8 Å². The Morgan fingerprint density at radius 2 is 1.84 bits per heavy atom. The highest BCUT2D eigenvalue weighted by Gasteiger charge is 2.03. The standard InChI is InChI=1S/C16H24N2O/c1-3-5-6-10-13-16(19)18-17-15(4-2)14-11-8-7-9-12-14/h7-9,11-12H,3-6,10,13H2,1-2H3,(H,18,19). The van der Waals surface area contributed by atoms with Crippen molar-refractivity contribution in [1.82, 2.24) is 5.43 Å². The van der Waals surface area contributed by atoms with Gasteiger partial charge in [-0.1, -0.05) is 63.4 Å². The number of nitrogens with zero attached hydrogens (tertiary/aromatic N) is 1. The predicted molar refractivity (Wildman–Crippen MR) is 80.2 cm³/mol. The van der Waals surface area contributed by atoms with Crippen molar-refractivity contribution in [2.75, 3.05) is 0 Å². The molecule has 0 aliphatic heterocycles. The number of amides is 1. The first-order valence-corrected chi connectivity index (χ1v) is 7.18. The Morgan fingerprint density at radius 1 is 1.11 bits per heavy atom. The van der Waals surface area contributed by atoms with E-state index < -0.39 is 0 Å². The van der Waals surface area contributed by atoms with Crippen LogP contribution < -0.4 is 5.43 Å². The van der Waals surface area contributed by atoms with Crippen LogP contribution in [0.3, 0.4) is 0 Å². The number of benzene rings is 1. The van der Waals surface area contributed by atoms with Crippen molar-refractivity contribution in [3.05, 3.63) is 35.9 Å². The van der Waals surface area contributed by atoms with Crippen LogP contribution >= 0.6 is 0 Å². The van der Waals surface area contributed by atoms with Gasteiger partial charge >= 0.3 is 0 Å². The fourth-order valence-corrected chi connectivity index (χ4v) is 1.88. The van der Waals surface area contributed by atoms with E-state index in [9.17, 15) is 4.79 Å². The summed E-state index contributed by atoms with van der Waals surface area (Å²) in [5.74, 6) is 0.0120. The van der Waals surface area contributed by atoms with E-state index in [0.29, 0.717) is 6.42 Å². The molecule has 104 valence electrons. The Bertz CT molecular complexity index is 398. The van der Waals surface area contributed by atoms with Gasteiger partial charge in [-0.25, -0.2) is 5.43 Å². The number of rotatable bonds is 8. The smallest absolute Gasteiger partial charge is 0.240 e. The minimum atomic E-state index is 0.0120. The second-order valence-corrected chi connectivity index (χ2v) is 4.62. The summed E-state index contributed by atoms with van der Waals surface area (Å²) >= 11 is 0. The number of unbranched alkanes of at least 4 members (excludes halogenated alkanes) is 3. The van der Waals surface area contributed by atoms with Crippen molar-refractivity contribution in [3.63, 3.8) is 0 Å². The van der Waals surface area contributed by atoms with Gasteiger partial charge in [-0.05, 0) is 18.4 Å². The van der Waals surface area contributed by atoms with Gasteiger partial charge in [-0.15, -0.1) is 0 Å². The van der Waals surface area contributed by atoms with Crippen LogP contribution in [0.1, 0.15) is 57.9 Å². The minimum Gasteiger partial charge on any atom is -0.273 e. The van der Waals surface area contributed by atoms with Crippen LogP contribution in [-0.4, -0.2) is 11.6 Å². The number of hydrogen-bond donors (Lipinski definition) is 1. The third-order valence-electron chi connectivity index (χ3n) is 3.01. The summed E-state index contributed by atoms with van der Waals surface area (Å²) < 4.78 is 0. The lowest BCUT2D eigenvalue weighted by Crippen LogP contribution is -2.19. The molecule has 1 rings (SSSR count). The van der Waals surface area contributed by atoms with Crippen molar-refractivity contribution >= 4 is 11.6 Å². The monoisotopic (exact) mass is 260 g/mol. The molecule has 1 aromatic rings. The molecule has 3 nitrogen and oxygen atoms in total. The molecule has 0 heterocycles. The Balaban J connectivity index is 2.43. The average Bonchev–Trinajstić information content (AvgIpc) is 2.45. The zero-order chi connectivity index (χ0) is 13.9. The lowest BCUT2D eigenvalue weighted by molar-refractivity contribution is -0.121. The summed E-state index contributed by atoms with van der Waals surface area (Å²) in [6.45, 7) is 4.21. The number of nitrogens with one attached hydrogen (secondary N) is 1. The molecule has 0 aliphatic rings. The molecular formula is C16H24N2O. The zero-order valence-corrected chi connectivity index (χ0v) is 12.0. The fraction of sp³-hybridized carbons (Fsp3) is 0.500. The number of carbonyl (C=O) groups is 1. The van der Waals surface area contributed by atoms with Crippen LogP contribution in [0.15, 0.2) is 35.4 Å². The van der Waals surface area contributed by atoms with Gasteiger partial charge in [0, 0.05) is 6.42 Å². The van der Waals surface area contributed by atoms with E-state index in [1.54, 1.807) is 0 Å². The number of hydrazone groups is 1. The summed E-state index contributed by atoms with van der Waals surface area (Å²) in [6.07, 6.45) is 5.82. The molecule has 0 saturated carbocycles. The van der Waals surface area contributed by atoms with Crippen LogP contribution in [0.4, 0.5) is 0 Å². The summed E-state index contributed by atoms with van der Waals surface area (Å²) in [5, 5.41) is 4.23. The zero-order valence-electron chi connectivity index (χ0n) is 12.0. The van der Waals surface area contributed by atoms with Gasteiger partial charge in [0.05, 0.1) is 5.71 Å². The fourth-order valence-electron chi connectivity index (χ4n) is 1.88. The third-order valence-corrected chi connectivity index (χ3v) is 3.01. The molecule has 0 unspecified atom stereocenters. The van der Waals surface area contributed by atoms with Crippen LogP contribution in [-0.2, 0) is 4.79 Å². The Morgan fingerprint density at radius 3 is 2.47 bits per heavy atom. The van der Waals surface area contributed by atoms with Gasteiger partial charge in [0.25, 0.3) is 0 Å². The van der Waals surface area contributed by atoms with Crippen LogP contribution in [0.5, 0.6) is 0 Å². The lowest BCUT2D eigenvalue weighted by Gasteiger charge is -2.05. The summed E-state index contributed by atoms with van der Waals surface area (Å²) in [7, 11) is 0. The third kappa shape index (κ3) is 6.18. The van der Waals surface area contributed by atoms with Gasteiger partial charge in [0.2, 0.25) is 5.91 Å². The molecule has 0 fully saturated rings. The SMILES string of the molecule is CCCCCCC(=O)NN=C(CC)c1ccccc1. The second kappa shape index (κ2) is 9.31. The first kappa shape index (κ1) is 15.4. The molecule has 0 radical (unpaired) electrons. The number of carbonyl (C=O) groups excluding carboxylic acids is 1. The van der Waals surface area contributed by atoms with Gasteiger partial charge in [-0.3, -0.25) is 4.79 Å². The van der Waals surface area contributed by atoms with E-state index >= 15 is 0 Å². The van der Waals surface area contributed by atoms with Crippen molar-refractivity contribution in [2.45, 2.75) is 52.4 Å². The van der Waals surface area contributed by atoms with Gasteiger partial charge in [-0.2, -0.15) is 5.10 Å². The Labute approximate surface area is 116 Å². The molecule has 0 atom stereocenters. The molecule has 0 saturated heterocycles. The van der Waals surface area contributed by atoms with Gasteiger partial charge < -0.3 is 0 Å². The highest BCUT2D eigenvalue weighted by molar-refractivity contribution is 6.00. The van der Waals surface area contributed by atoms with E-state index in [2.05, 4.69) is 17.5 Å². The highest BCUT2D eigenvalue weighted by Crippen LogP contribution is 2.04. The van der Waals surface area contributed by atoms with Crippen LogP contribution in [0.2, 0.25) is 0 Å². The van der Waals surface area contributed by atoms with E-state index in [4.69, 9.17) is 0 Å². The minimum absolute atomic E-state index is 0.0120. The van der Waals surface area contributed by atoms with Crippen molar-refractivity contribution in [3.8, 4) is 0 Å². The topological polar surface area (TPSA) is 41.5 Å². The number of hydrogen-bond acceptors (Lipinski definition) is 2. The summed E-state index contributed by atoms with van der Waals surface area (Å²) in [4.78, 5) is 11.6. The predicted octanol–water partition coefficient (Wildman–Crippen LogP) is 3.89.